The fraction of sp³-hybridized carbons (Fsp3) is 0.226. The normalized spacial score (nSPS) is 13.6. The minimum absolute atomic E-state index is 0.0739. The predicted molar refractivity (Wildman–Crippen MR) is 152 cm³/mol. The molecule has 2 aromatic heterocycles. The number of rotatable bonds is 8. The average molecular weight is 521 g/mol. The molecule has 1 aliphatic heterocycles. The van der Waals surface area contributed by atoms with Gasteiger partial charge in [0.2, 0.25) is 0 Å². The molecule has 0 radical (unpaired) electrons. The Balaban J connectivity index is 1.13. The van der Waals surface area contributed by atoms with Crippen LogP contribution in [0.25, 0.3) is 16.6 Å². The molecule has 7 heteroatoms. The molecule has 6 nitrogen and oxygen atoms in total. The Morgan fingerprint density at radius 3 is 2.21 bits per heavy atom. The molecule has 6 rings (SSSR count). The molecular formula is C31H28N4O2S. The van der Waals surface area contributed by atoms with Crippen molar-refractivity contribution < 1.29 is 9.59 Å². The van der Waals surface area contributed by atoms with Crippen LogP contribution in [0.15, 0.2) is 84.6 Å². The second-order valence-corrected chi connectivity index (χ2v) is 10.7. The van der Waals surface area contributed by atoms with Crippen molar-refractivity contribution >= 4 is 39.5 Å². The summed E-state index contributed by atoms with van der Waals surface area (Å²) in [6, 6.07) is 22.0. The maximum absolute atomic E-state index is 13.0. The van der Waals surface area contributed by atoms with Gasteiger partial charge in [0.25, 0.3) is 0 Å². The number of nitrogens with zero attached hydrogens (tertiary/aromatic N) is 4. The highest BCUT2D eigenvalue weighted by Crippen LogP contribution is 2.23. The van der Waals surface area contributed by atoms with Gasteiger partial charge in [-0.25, -0.2) is 4.68 Å². The highest BCUT2D eigenvalue weighted by molar-refractivity contribution is 7.11. The van der Waals surface area contributed by atoms with Crippen molar-refractivity contribution in [2.45, 2.75) is 32.1 Å². The van der Waals surface area contributed by atoms with Crippen LogP contribution in [0.2, 0.25) is 0 Å². The van der Waals surface area contributed by atoms with E-state index in [1.54, 1.807) is 11.7 Å². The summed E-state index contributed by atoms with van der Waals surface area (Å²) in [7, 11) is 0. The van der Waals surface area contributed by atoms with Gasteiger partial charge in [0.1, 0.15) is 0 Å². The second-order valence-electron chi connectivity index (χ2n) is 9.78. The number of benzene rings is 3. The molecule has 3 heterocycles. The summed E-state index contributed by atoms with van der Waals surface area (Å²) in [6.45, 7) is 2.19. The van der Waals surface area contributed by atoms with Crippen molar-refractivity contribution in [3.8, 4) is 5.69 Å². The van der Waals surface area contributed by atoms with Gasteiger partial charge < -0.3 is 4.90 Å². The molecule has 0 N–H and O–H groups in total. The SMILES string of the molecule is O=C(Cc1ccc2c(cnn2-c2ccc(CC(=O)c3cncs3)cc2)c1)c1ccc(N2CCCCC2)cc1. The molecule has 3 aromatic carbocycles. The molecular weight excluding hydrogens is 492 g/mol. The van der Waals surface area contributed by atoms with E-state index < -0.39 is 0 Å². The average Bonchev–Trinajstić information content (AvgIpc) is 3.65. The minimum atomic E-state index is 0.0739. The van der Waals surface area contributed by atoms with Gasteiger partial charge in [0.15, 0.2) is 11.6 Å². The molecule has 1 aliphatic rings. The Kier molecular flexibility index (Phi) is 6.84. The molecule has 0 spiro atoms. The summed E-state index contributed by atoms with van der Waals surface area (Å²) in [6.07, 6.45) is 7.93. The van der Waals surface area contributed by atoms with E-state index in [1.165, 1.54) is 36.3 Å². The lowest BCUT2D eigenvalue weighted by Crippen LogP contribution is -2.29. The first-order chi connectivity index (χ1) is 18.6. The molecule has 38 heavy (non-hydrogen) atoms. The summed E-state index contributed by atoms with van der Waals surface area (Å²) < 4.78 is 1.88. The van der Waals surface area contributed by atoms with E-state index in [1.807, 2.05) is 65.5 Å². The lowest BCUT2D eigenvalue weighted by Gasteiger charge is -2.28. The van der Waals surface area contributed by atoms with E-state index >= 15 is 0 Å². The van der Waals surface area contributed by atoms with Crippen LogP contribution in [0.5, 0.6) is 0 Å². The second kappa shape index (κ2) is 10.7. The van der Waals surface area contributed by atoms with Gasteiger partial charge in [0.05, 0.1) is 27.8 Å². The number of ketones is 2. The molecule has 0 unspecified atom stereocenters. The van der Waals surface area contributed by atoms with Crippen LogP contribution in [-0.2, 0) is 12.8 Å². The van der Waals surface area contributed by atoms with Gasteiger partial charge in [-0.2, -0.15) is 5.10 Å². The number of Topliss-reactive ketones (excluding diaryl/α,β-unsaturated/α-hetero) is 2. The van der Waals surface area contributed by atoms with E-state index in [4.69, 9.17) is 0 Å². The minimum Gasteiger partial charge on any atom is -0.372 e. The summed E-state index contributed by atoms with van der Waals surface area (Å²) in [5.41, 5.74) is 7.44. The van der Waals surface area contributed by atoms with Crippen molar-refractivity contribution in [3.63, 3.8) is 0 Å². The highest BCUT2D eigenvalue weighted by atomic mass is 32.1. The highest BCUT2D eigenvalue weighted by Gasteiger charge is 2.14. The van der Waals surface area contributed by atoms with E-state index in [-0.39, 0.29) is 11.6 Å². The van der Waals surface area contributed by atoms with Crippen LogP contribution in [0.3, 0.4) is 0 Å². The van der Waals surface area contributed by atoms with Crippen LogP contribution in [0, 0.1) is 0 Å². The maximum Gasteiger partial charge on any atom is 0.178 e. The molecule has 0 saturated carbocycles. The lowest BCUT2D eigenvalue weighted by molar-refractivity contribution is 0.0986. The summed E-state index contributed by atoms with van der Waals surface area (Å²) in [5, 5.41) is 5.57. The fourth-order valence-electron chi connectivity index (χ4n) is 5.08. The molecule has 0 aliphatic carbocycles. The molecule has 0 atom stereocenters. The Hall–Kier alpha value is -4.10. The van der Waals surface area contributed by atoms with Gasteiger partial charge in [0, 0.05) is 48.8 Å². The third-order valence-corrected chi connectivity index (χ3v) is 7.97. The lowest BCUT2D eigenvalue weighted by atomic mass is 10.0. The van der Waals surface area contributed by atoms with Gasteiger partial charge >= 0.3 is 0 Å². The van der Waals surface area contributed by atoms with Crippen LogP contribution in [0.4, 0.5) is 5.69 Å². The van der Waals surface area contributed by atoms with E-state index in [0.717, 1.165) is 46.4 Å². The Labute approximate surface area is 225 Å². The van der Waals surface area contributed by atoms with Crippen LogP contribution in [0.1, 0.15) is 50.4 Å². The zero-order chi connectivity index (χ0) is 25.9. The Morgan fingerprint density at radius 1 is 0.763 bits per heavy atom. The molecule has 0 bridgehead atoms. The fourth-order valence-corrected chi connectivity index (χ4v) is 5.64. The van der Waals surface area contributed by atoms with Gasteiger partial charge in [-0.3, -0.25) is 14.6 Å². The van der Waals surface area contributed by atoms with Crippen LogP contribution >= 0.6 is 11.3 Å². The van der Waals surface area contributed by atoms with Gasteiger partial charge in [-0.15, -0.1) is 11.3 Å². The Morgan fingerprint density at radius 2 is 1.47 bits per heavy atom. The molecule has 1 saturated heterocycles. The molecule has 1 fully saturated rings. The summed E-state index contributed by atoms with van der Waals surface area (Å²) in [5.74, 6) is 0.190. The van der Waals surface area contributed by atoms with E-state index in [0.29, 0.717) is 17.7 Å². The number of carbonyl (C=O) groups excluding carboxylic acids is 2. The van der Waals surface area contributed by atoms with E-state index in [9.17, 15) is 9.59 Å². The predicted octanol–water partition coefficient (Wildman–Crippen LogP) is 6.32. The Bertz CT molecular complexity index is 1570. The number of thiazole rings is 1. The number of carbonyl (C=O) groups is 2. The maximum atomic E-state index is 13.0. The van der Waals surface area contributed by atoms with Crippen molar-refractivity contribution in [1.82, 2.24) is 14.8 Å². The topological polar surface area (TPSA) is 68.1 Å². The number of aromatic nitrogens is 3. The third kappa shape index (κ3) is 5.15. The van der Waals surface area contributed by atoms with Crippen molar-refractivity contribution in [1.29, 1.82) is 0 Å². The largest absolute Gasteiger partial charge is 0.372 e. The number of piperidine rings is 1. The summed E-state index contributed by atoms with van der Waals surface area (Å²) in [4.78, 5) is 32.4. The smallest absolute Gasteiger partial charge is 0.178 e. The first kappa shape index (κ1) is 24.2. The number of hydrogen-bond donors (Lipinski definition) is 0. The van der Waals surface area contributed by atoms with Gasteiger partial charge in [-0.05, 0) is 78.9 Å². The first-order valence-electron chi connectivity index (χ1n) is 13.0. The zero-order valence-electron chi connectivity index (χ0n) is 21.0. The number of hydrogen-bond acceptors (Lipinski definition) is 6. The van der Waals surface area contributed by atoms with Crippen molar-refractivity contribution in [2.24, 2.45) is 0 Å². The standard InChI is InChI=1S/C31H28N4O2S/c36-29(24-7-11-26(12-8-24)34-14-2-1-3-15-34)18-23-6-13-28-25(16-23)19-33-35(28)27-9-4-22(5-10-27)17-30(37)31-20-32-21-38-31/h4-13,16,19-21H,1-3,14-15,17-18H2. The van der Waals surface area contributed by atoms with Crippen molar-refractivity contribution in [3.05, 3.63) is 106 Å². The van der Waals surface area contributed by atoms with Crippen LogP contribution in [-0.4, -0.2) is 39.4 Å². The third-order valence-electron chi connectivity index (χ3n) is 7.16. The number of anilines is 1. The molecule has 0 amide bonds. The number of fused-ring (bicyclic) bond motifs is 1. The van der Waals surface area contributed by atoms with E-state index in [2.05, 4.69) is 27.1 Å². The summed E-state index contributed by atoms with van der Waals surface area (Å²) >= 11 is 1.36. The van der Waals surface area contributed by atoms with Crippen LogP contribution < -0.4 is 4.90 Å². The molecule has 190 valence electrons. The quantitative estimate of drug-likeness (QED) is 0.224. The monoisotopic (exact) mass is 520 g/mol. The van der Waals surface area contributed by atoms with Crippen molar-refractivity contribution in [2.75, 3.05) is 18.0 Å². The van der Waals surface area contributed by atoms with Gasteiger partial charge in [-0.1, -0.05) is 18.2 Å². The first-order valence-corrected chi connectivity index (χ1v) is 13.9. The zero-order valence-corrected chi connectivity index (χ0v) is 21.9. The molecule has 5 aromatic rings.